The van der Waals surface area contributed by atoms with Crippen molar-refractivity contribution in [1.29, 1.82) is 0 Å². The Kier molecular flexibility index (Phi) is 7.07. The van der Waals surface area contributed by atoms with Crippen LogP contribution in [0.15, 0.2) is 24.3 Å². The molecule has 1 aliphatic heterocycles. The number of piperidine rings is 1. The molecule has 122 valence electrons. The van der Waals surface area contributed by atoms with Gasteiger partial charge in [-0.3, -0.25) is 4.79 Å². The highest BCUT2D eigenvalue weighted by Crippen LogP contribution is 2.21. The summed E-state index contributed by atoms with van der Waals surface area (Å²) >= 11 is 0. The van der Waals surface area contributed by atoms with E-state index in [0.717, 1.165) is 25.1 Å². The summed E-state index contributed by atoms with van der Waals surface area (Å²) in [7, 11) is 0. The molecule has 22 heavy (non-hydrogen) atoms. The van der Waals surface area contributed by atoms with E-state index in [4.69, 9.17) is 0 Å². The van der Waals surface area contributed by atoms with Crippen LogP contribution in [0.2, 0.25) is 0 Å². The van der Waals surface area contributed by atoms with E-state index in [1.54, 1.807) is 0 Å². The zero-order valence-corrected chi connectivity index (χ0v) is 13.7. The van der Waals surface area contributed by atoms with Crippen molar-refractivity contribution < 1.29 is 4.79 Å². The van der Waals surface area contributed by atoms with Gasteiger partial charge in [-0.05, 0) is 49.9 Å². The monoisotopic (exact) mass is 303 g/mol. The van der Waals surface area contributed by atoms with Crippen molar-refractivity contribution in [3.05, 3.63) is 24.3 Å². The van der Waals surface area contributed by atoms with Crippen molar-refractivity contribution in [3.8, 4) is 0 Å². The van der Waals surface area contributed by atoms with Crippen molar-refractivity contribution in [1.82, 2.24) is 5.32 Å². The van der Waals surface area contributed by atoms with E-state index in [9.17, 15) is 4.79 Å². The molecule has 4 nitrogen and oxygen atoms in total. The van der Waals surface area contributed by atoms with E-state index in [1.807, 2.05) is 0 Å². The lowest BCUT2D eigenvalue weighted by Gasteiger charge is -2.28. The summed E-state index contributed by atoms with van der Waals surface area (Å²) in [4.78, 5) is 14.1. The smallest absolute Gasteiger partial charge is 0.221 e. The summed E-state index contributed by atoms with van der Waals surface area (Å²) in [5, 5.41) is 6.25. The van der Waals surface area contributed by atoms with Crippen LogP contribution in [0.25, 0.3) is 0 Å². The standard InChI is InChI=1S/C18H29N3O/c1-2-3-12-20-18(22)11-13-19-16-7-9-17(10-8-16)21-14-5-4-6-15-21/h7-10,19H,2-6,11-15H2,1H3,(H,20,22). The number of carbonyl (C=O) groups excluding carboxylic acids is 1. The van der Waals surface area contributed by atoms with E-state index in [1.165, 1.54) is 38.0 Å². The van der Waals surface area contributed by atoms with Gasteiger partial charge in [0.2, 0.25) is 5.91 Å². The minimum absolute atomic E-state index is 0.130. The van der Waals surface area contributed by atoms with E-state index in [2.05, 4.69) is 46.7 Å². The van der Waals surface area contributed by atoms with E-state index in [-0.39, 0.29) is 5.91 Å². The first-order valence-electron chi connectivity index (χ1n) is 8.65. The number of rotatable bonds is 8. The molecule has 0 aliphatic carbocycles. The zero-order valence-electron chi connectivity index (χ0n) is 13.7. The molecule has 1 saturated heterocycles. The summed E-state index contributed by atoms with van der Waals surface area (Å²) in [6, 6.07) is 8.57. The molecule has 0 spiro atoms. The number of carbonyl (C=O) groups is 1. The van der Waals surface area contributed by atoms with Crippen molar-refractivity contribution in [2.24, 2.45) is 0 Å². The lowest BCUT2D eigenvalue weighted by atomic mass is 10.1. The molecule has 4 heteroatoms. The van der Waals surface area contributed by atoms with Crippen LogP contribution in [-0.2, 0) is 4.79 Å². The van der Waals surface area contributed by atoms with Crippen LogP contribution in [0.5, 0.6) is 0 Å². The van der Waals surface area contributed by atoms with Gasteiger partial charge in [-0.1, -0.05) is 13.3 Å². The highest BCUT2D eigenvalue weighted by atomic mass is 16.1. The van der Waals surface area contributed by atoms with Gasteiger partial charge in [0, 0.05) is 44.0 Å². The number of amides is 1. The van der Waals surface area contributed by atoms with E-state index < -0.39 is 0 Å². The Morgan fingerprint density at radius 1 is 1.09 bits per heavy atom. The van der Waals surface area contributed by atoms with Crippen molar-refractivity contribution >= 4 is 17.3 Å². The third kappa shape index (κ3) is 5.58. The molecule has 1 aliphatic rings. The van der Waals surface area contributed by atoms with Crippen LogP contribution in [0.1, 0.15) is 45.4 Å². The predicted octanol–water partition coefficient (Wildman–Crippen LogP) is 3.40. The summed E-state index contributed by atoms with van der Waals surface area (Å²) in [6.07, 6.45) is 6.65. The zero-order chi connectivity index (χ0) is 15.6. The number of hydrogen-bond acceptors (Lipinski definition) is 3. The minimum atomic E-state index is 0.130. The maximum Gasteiger partial charge on any atom is 0.221 e. The molecule has 2 rings (SSSR count). The predicted molar refractivity (Wildman–Crippen MR) is 93.5 cm³/mol. The molecule has 0 unspecified atom stereocenters. The highest BCUT2D eigenvalue weighted by Gasteiger charge is 2.10. The van der Waals surface area contributed by atoms with Crippen molar-refractivity contribution in [3.63, 3.8) is 0 Å². The van der Waals surface area contributed by atoms with Crippen molar-refractivity contribution in [2.45, 2.75) is 45.4 Å². The van der Waals surface area contributed by atoms with Gasteiger partial charge in [0.1, 0.15) is 0 Å². The molecule has 1 aromatic rings. The van der Waals surface area contributed by atoms with Gasteiger partial charge < -0.3 is 15.5 Å². The summed E-state index contributed by atoms with van der Waals surface area (Å²) < 4.78 is 0. The lowest BCUT2D eigenvalue weighted by Crippen LogP contribution is -2.29. The summed E-state index contributed by atoms with van der Waals surface area (Å²) in [6.45, 7) is 5.94. The first-order valence-corrected chi connectivity index (χ1v) is 8.65. The third-order valence-corrected chi connectivity index (χ3v) is 4.12. The Morgan fingerprint density at radius 2 is 1.82 bits per heavy atom. The fourth-order valence-corrected chi connectivity index (χ4v) is 2.76. The molecule has 0 saturated carbocycles. The average molecular weight is 303 g/mol. The molecule has 0 aromatic heterocycles. The Balaban J connectivity index is 1.69. The van der Waals surface area contributed by atoms with Gasteiger partial charge in [0.25, 0.3) is 0 Å². The quantitative estimate of drug-likeness (QED) is 0.724. The second kappa shape index (κ2) is 9.34. The first-order chi connectivity index (χ1) is 10.8. The molecule has 1 amide bonds. The van der Waals surface area contributed by atoms with Crippen molar-refractivity contribution in [2.75, 3.05) is 36.4 Å². The van der Waals surface area contributed by atoms with Gasteiger partial charge in [-0.25, -0.2) is 0 Å². The number of anilines is 2. The highest BCUT2D eigenvalue weighted by molar-refractivity contribution is 5.76. The second-order valence-electron chi connectivity index (χ2n) is 5.97. The fraction of sp³-hybridized carbons (Fsp3) is 0.611. The Labute approximate surface area is 134 Å². The summed E-state index contributed by atoms with van der Waals surface area (Å²) in [5.74, 6) is 0.130. The molecule has 0 radical (unpaired) electrons. The lowest BCUT2D eigenvalue weighted by molar-refractivity contribution is -0.120. The first kappa shape index (κ1) is 16.7. The van der Waals surface area contributed by atoms with Gasteiger partial charge in [-0.2, -0.15) is 0 Å². The molecule has 1 heterocycles. The molecular weight excluding hydrogens is 274 g/mol. The van der Waals surface area contributed by atoms with Gasteiger partial charge in [0.15, 0.2) is 0 Å². The van der Waals surface area contributed by atoms with Gasteiger partial charge in [0.05, 0.1) is 0 Å². The summed E-state index contributed by atoms with van der Waals surface area (Å²) in [5.41, 5.74) is 2.39. The van der Waals surface area contributed by atoms with Crippen LogP contribution >= 0.6 is 0 Å². The maximum atomic E-state index is 11.6. The van der Waals surface area contributed by atoms with Crippen LogP contribution in [-0.4, -0.2) is 32.1 Å². The number of nitrogens with one attached hydrogen (secondary N) is 2. The van der Waals surface area contributed by atoms with Crippen LogP contribution < -0.4 is 15.5 Å². The van der Waals surface area contributed by atoms with Gasteiger partial charge in [-0.15, -0.1) is 0 Å². The number of benzene rings is 1. The molecule has 2 N–H and O–H groups in total. The molecule has 0 bridgehead atoms. The maximum absolute atomic E-state index is 11.6. The average Bonchev–Trinajstić information content (AvgIpc) is 2.57. The molecular formula is C18H29N3O. The second-order valence-corrected chi connectivity index (χ2v) is 5.97. The van der Waals surface area contributed by atoms with E-state index >= 15 is 0 Å². The van der Waals surface area contributed by atoms with Crippen LogP contribution in [0.4, 0.5) is 11.4 Å². The SMILES string of the molecule is CCCCNC(=O)CCNc1ccc(N2CCCCC2)cc1. The molecule has 1 aromatic carbocycles. The number of hydrogen-bond donors (Lipinski definition) is 2. The molecule has 1 fully saturated rings. The van der Waals surface area contributed by atoms with Gasteiger partial charge >= 0.3 is 0 Å². The minimum Gasteiger partial charge on any atom is -0.385 e. The third-order valence-electron chi connectivity index (χ3n) is 4.12. The fourth-order valence-electron chi connectivity index (χ4n) is 2.76. The van der Waals surface area contributed by atoms with Crippen LogP contribution in [0, 0.1) is 0 Å². The number of nitrogens with zero attached hydrogens (tertiary/aromatic N) is 1. The van der Waals surface area contributed by atoms with Crippen LogP contribution in [0.3, 0.4) is 0 Å². The van der Waals surface area contributed by atoms with E-state index in [0.29, 0.717) is 13.0 Å². The normalized spacial score (nSPS) is 14.7. The Morgan fingerprint density at radius 3 is 2.50 bits per heavy atom. The molecule has 0 atom stereocenters. The number of unbranched alkanes of at least 4 members (excludes halogenated alkanes) is 1. The Bertz CT molecular complexity index is 438. The topological polar surface area (TPSA) is 44.4 Å². The largest absolute Gasteiger partial charge is 0.385 e. The Hall–Kier alpha value is -1.71.